The van der Waals surface area contributed by atoms with Crippen molar-refractivity contribution in [2.75, 3.05) is 5.32 Å². The number of rotatable bonds is 3. The molecule has 0 bridgehead atoms. The predicted octanol–water partition coefficient (Wildman–Crippen LogP) is 4.87. The molecule has 2 aromatic rings. The molecule has 3 nitrogen and oxygen atoms in total. The number of hydrogen-bond acceptors (Lipinski definition) is 2. The summed E-state index contributed by atoms with van der Waals surface area (Å²) in [5.41, 5.74) is 2.71. The van der Waals surface area contributed by atoms with Crippen molar-refractivity contribution < 1.29 is 4.79 Å². The molecular formula is C20H20N2O. The molecule has 0 aliphatic rings. The van der Waals surface area contributed by atoms with Gasteiger partial charge in [-0.25, -0.2) is 0 Å². The summed E-state index contributed by atoms with van der Waals surface area (Å²) in [6.45, 7) is 6.41. The summed E-state index contributed by atoms with van der Waals surface area (Å²) in [7, 11) is 0. The summed E-state index contributed by atoms with van der Waals surface area (Å²) in [5.74, 6) is -0.223. The fourth-order valence-electron chi connectivity index (χ4n) is 1.98. The largest absolute Gasteiger partial charge is 0.321 e. The second kappa shape index (κ2) is 6.93. The predicted molar refractivity (Wildman–Crippen MR) is 94.0 cm³/mol. The second-order valence-electron chi connectivity index (χ2n) is 6.43. The maximum Gasteiger partial charge on any atom is 0.255 e. The zero-order valence-corrected chi connectivity index (χ0v) is 13.6. The second-order valence-corrected chi connectivity index (χ2v) is 6.43. The smallest absolute Gasteiger partial charge is 0.255 e. The monoisotopic (exact) mass is 304 g/mol. The molecule has 3 heteroatoms. The van der Waals surface area contributed by atoms with Gasteiger partial charge in [-0.05, 0) is 35.2 Å². The molecule has 0 atom stereocenters. The first-order chi connectivity index (χ1) is 10.9. The van der Waals surface area contributed by atoms with Gasteiger partial charge in [-0.15, -0.1) is 0 Å². The number of nitriles is 1. The number of allylic oxidation sites excluding steroid dienone is 1. The molecule has 0 aromatic heterocycles. The van der Waals surface area contributed by atoms with E-state index >= 15 is 0 Å². The lowest BCUT2D eigenvalue weighted by molar-refractivity contribution is 0.102. The number of anilines is 1. The van der Waals surface area contributed by atoms with Crippen LogP contribution in [0.3, 0.4) is 0 Å². The van der Waals surface area contributed by atoms with Crippen LogP contribution in [0, 0.1) is 16.7 Å². The van der Waals surface area contributed by atoms with Crippen LogP contribution in [-0.4, -0.2) is 5.91 Å². The van der Waals surface area contributed by atoms with Crippen LogP contribution in [0.2, 0.25) is 0 Å². The minimum Gasteiger partial charge on any atom is -0.321 e. The number of carbonyl (C=O) groups excluding carboxylic acids is 1. The van der Waals surface area contributed by atoms with Gasteiger partial charge >= 0.3 is 0 Å². The van der Waals surface area contributed by atoms with E-state index in [1.165, 1.54) is 0 Å². The molecule has 0 saturated heterocycles. The summed E-state index contributed by atoms with van der Waals surface area (Å²) in [5, 5.41) is 11.8. The molecule has 1 amide bonds. The lowest BCUT2D eigenvalue weighted by Gasteiger charge is -2.11. The number of nitrogens with one attached hydrogen (secondary N) is 1. The normalized spacial score (nSPS) is 11.2. The van der Waals surface area contributed by atoms with Gasteiger partial charge in [-0.2, -0.15) is 5.26 Å². The number of hydrogen-bond donors (Lipinski definition) is 1. The minimum absolute atomic E-state index is 0.122. The highest BCUT2D eigenvalue weighted by atomic mass is 16.1. The highest BCUT2D eigenvalue weighted by Gasteiger charge is 2.09. The van der Waals surface area contributed by atoms with Crippen molar-refractivity contribution in [3.63, 3.8) is 0 Å². The highest BCUT2D eigenvalue weighted by molar-refractivity contribution is 6.05. The van der Waals surface area contributed by atoms with Crippen molar-refractivity contribution in [2.24, 2.45) is 5.41 Å². The Bertz CT molecular complexity index is 759. The van der Waals surface area contributed by atoms with E-state index in [1.54, 1.807) is 36.4 Å². The summed E-state index contributed by atoms with van der Waals surface area (Å²) in [6, 6.07) is 16.4. The van der Waals surface area contributed by atoms with Crippen molar-refractivity contribution in [3.8, 4) is 6.07 Å². The third-order valence-electron chi connectivity index (χ3n) is 3.24. The maximum absolute atomic E-state index is 12.3. The Labute approximate surface area is 137 Å². The van der Waals surface area contributed by atoms with Crippen LogP contribution in [0.5, 0.6) is 0 Å². The summed E-state index contributed by atoms with van der Waals surface area (Å²) >= 11 is 0. The van der Waals surface area contributed by atoms with Crippen molar-refractivity contribution in [3.05, 3.63) is 71.3 Å². The van der Waals surface area contributed by atoms with Crippen LogP contribution in [0.25, 0.3) is 6.08 Å². The zero-order chi connectivity index (χ0) is 16.9. The quantitative estimate of drug-likeness (QED) is 0.879. The van der Waals surface area contributed by atoms with Crippen molar-refractivity contribution in [1.82, 2.24) is 0 Å². The molecule has 2 rings (SSSR count). The van der Waals surface area contributed by atoms with E-state index in [0.29, 0.717) is 16.8 Å². The highest BCUT2D eigenvalue weighted by Crippen LogP contribution is 2.18. The first-order valence-corrected chi connectivity index (χ1v) is 7.49. The third-order valence-corrected chi connectivity index (χ3v) is 3.24. The Morgan fingerprint density at radius 1 is 1.09 bits per heavy atom. The van der Waals surface area contributed by atoms with Crippen molar-refractivity contribution in [2.45, 2.75) is 20.8 Å². The van der Waals surface area contributed by atoms with E-state index in [9.17, 15) is 4.79 Å². The van der Waals surface area contributed by atoms with E-state index in [4.69, 9.17) is 5.26 Å². The van der Waals surface area contributed by atoms with Crippen molar-refractivity contribution in [1.29, 1.82) is 5.26 Å². The summed E-state index contributed by atoms with van der Waals surface area (Å²) in [6.07, 6.45) is 4.18. The SMILES string of the molecule is CC(C)(C)/C=C/c1ccc(C(=O)Nc2ccccc2C#N)cc1. The number of carbonyl (C=O) groups is 1. The topological polar surface area (TPSA) is 52.9 Å². The molecule has 0 saturated carbocycles. The van der Waals surface area contributed by atoms with Crippen LogP contribution >= 0.6 is 0 Å². The van der Waals surface area contributed by atoms with Gasteiger partial charge in [-0.3, -0.25) is 4.79 Å². The zero-order valence-electron chi connectivity index (χ0n) is 13.6. The molecule has 0 heterocycles. The van der Waals surface area contributed by atoms with E-state index in [1.807, 2.05) is 18.2 Å². The number of para-hydroxylation sites is 1. The average molecular weight is 304 g/mol. The minimum atomic E-state index is -0.223. The lowest BCUT2D eigenvalue weighted by Crippen LogP contribution is -2.12. The molecule has 0 radical (unpaired) electrons. The molecular weight excluding hydrogens is 284 g/mol. The Balaban J connectivity index is 2.12. The summed E-state index contributed by atoms with van der Waals surface area (Å²) in [4.78, 5) is 12.3. The molecule has 116 valence electrons. The molecule has 23 heavy (non-hydrogen) atoms. The standard InChI is InChI=1S/C20H20N2O/c1-20(2,3)13-12-15-8-10-16(11-9-15)19(23)22-18-7-5-4-6-17(18)14-21/h4-13H,1-3H3,(H,22,23)/b13-12+. The first-order valence-electron chi connectivity index (χ1n) is 7.49. The van der Waals surface area contributed by atoms with Crippen molar-refractivity contribution >= 4 is 17.7 Å². The Hall–Kier alpha value is -2.86. The van der Waals surface area contributed by atoms with Gasteiger partial charge < -0.3 is 5.32 Å². The van der Waals surface area contributed by atoms with Crippen LogP contribution in [0.1, 0.15) is 42.3 Å². The summed E-state index contributed by atoms with van der Waals surface area (Å²) < 4.78 is 0. The molecule has 1 N–H and O–H groups in total. The lowest BCUT2D eigenvalue weighted by atomic mass is 9.95. The van der Waals surface area contributed by atoms with E-state index in [0.717, 1.165) is 5.56 Å². The fraction of sp³-hybridized carbons (Fsp3) is 0.200. The molecule has 0 aliphatic carbocycles. The van der Waals surface area contributed by atoms with Gasteiger partial charge in [-0.1, -0.05) is 57.2 Å². The van der Waals surface area contributed by atoms with Crippen LogP contribution in [0.4, 0.5) is 5.69 Å². The van der Waals surface area contributed by atoms with Gasteiger partial charge in [0.15, 0.2) is 0 Å². The fourth-order valence-corrected chi connectivity index (χ4v) is 1.98. The van der Waals surface area contributed by atoms with Gasteiger partial charge in [0.05, 0.1) is 11.3 Å². The molecule has 2 aromatic carbocycles. The molecule has 0 unspecified atom stereocenters. The van der Waals surface area contributed by atoms with Crippen LogP contribution in [-0.2, 0) is 0 Å². The molecule has 0 fully saturated rings. The van der Waals surface area contributed by atoms with Gasteiger partial charge in [0.25, 0.3) is 5.91 Å². The van der Waals surface area contributed by atoms with Crippen LogP contribution < -0.4 is 5.32 Å². The Morgan fingerprint density at radius 3 is 2.35 bits per heavy atom. The Morgan fingerprint density at radius 2 is 1.74 bits per heavy atom. The first kappa shape index (κ1) is 16.5. The number of benzene rings is 2. The van der Waals surface area contributed by atoms with E-state index < -0.39 is 0 Å². The molecule has 0 spiro atoms. The third kappa shape index (κ3) is 4.82. The van der Waals surface area contributed by atoms with Gasteiger partial charge in [0, 0.05) is 5.56 Å². The average Bonchev–Trinajstić information content (AvgIpc) is 2.53. The molecule has 0 aliphatic heterocycles. The number of amides is 1. The van der Waals surface area contributed by atoms with Gasteiger partial charge in [0.1, 0.15) is 6.07 Å². The van der Waals surface area contributed by atoms with Gasteiger partial charge in [0.2, 0.25) is 0 Å². The Kier molecular flexibility index (Phi) is 4.98. The number of nitrogens with zero attached hydrogens (tertiary/aromatic N) is 1. The maximum atomic E-state index is 12.3. The van der Waals surface area contributed by atoms with Crippen LogP contribution in [0.15, 0.2) is 54.6 Å². The van der Waals surface area contributed by atoms with E-state index in [-0.39, 0.29) is 11.3 Å². The van der Waals surface area contributed by atoms with E-state index in [2.05, 4.69) is 38.2 Å².